The molecule has 0 amide bonds. The van der Waals surface area contributed by atoms with E-state index in [0.29, 0.717) is 0 Å². The van der Waals surface area contributed by atoms with Gasteiger partial charge in [-0.3, -0.25) is 4.79 Å². The van der Waals surface area contributed by atoms with Crippen LogP contribution >= 0.6 is 15.9 Å². The molecule has 0 bridgehead atoms. The number of halogens is 1. The van der Waals surface area contributed by atoms with Crippen molar-refractivity contribution in [3.63, 3.8) is 0 Å². The molecule has 0 aromatic rings. The number of hydrogen-bond acceptors (Lipinski definition) is 2. The lowest BCUT2D eigenvalue weighted by Crippen LogP contribution is -2.19. The molecule has 1 rings (SSSR count). The van der Waals surface area contributed by atoms with Crippen molar-refractivity contribution >= 4 is 20.6 Å². The Morgan fingerprint density at radius 2 is 2.00 bits per heavy atom. The molecule has 1 heterocycles. The van der Waals surface area contributed by atoms with E-state index < -0.39 is 0 Å². The average Bonchev–Trinajstić information content (AvgIpc) is 1.90. The Morgan fingerprint density at radius 1 is 1.44 bits per heavy atom. The third-order valence-corrected chi connectivity index (χ3v) is 2.19. The highest BCUT2D eigenvalue weighted by molar-refractivity contribution is 9.18. The van der Waals surface area contributed by atoms with Crippen LogP contribution in [-0.4, -0.2) is 17.9 Å². The summed E-state index contributed by atoms with van der Waals surface area (Å²) in [6.07, 6.45) is 1.76. The quantitative estimate of drug-likeness (QED) is 0.587. The van der Waals surface area contributed by atoms with Gasteiger partial charge in [-0.2, -0.15) is 0 Å². The zero-order valence-electron chi connectivity index (χ0n) is 5.10. The Kier molecular flexibility index (Phi) is 2.66. The third kappa shape index (κ3) is 2.06. The van der Waals surface area contributed by atoms with Crippen molar-refractivity contribution in [1.29, 1.82) is 0 Å². The van der Waals surface area contributed by atoms with E-state index in [1.54, 1.807) is 0 Å². The molecule has 2 nitrogen and oxygen atoms in total. The molecule has 0 saturated carbocycles. The molecule has 1 aliphatic rings. The standard InChI is InChI=1S/C6H9BrO2/c7-6(8)5-1-3-9-4-2-5/h5H,1-4H2. The summed E-state index contributed by atoms with van der Waals surface area (Å²) in [6.45, 7) is 1.48. The van der Waals surface area contributed by atoms with E-state index in [0.717, 1.165) is 26.1 Å². The van der Waals surface area contributed by atoms with Crippen molar-refractivity contribution in [3.05, 3.63) is 0 Å². The maximum atomic E-state index is 10.7. The Labute approximate surface area is 62.7 Å². The Bertz CT molecular complexity index is 108. The van der Waals surface area contributed by atoms with Crippen molar-refractivity contribution in [2.24, 2.45) is 5.92 Å². The average molecular weight is 193 g/mol. The van der Waals surface area contributed by atoms with Crippen molar-refractivity contribution in [3.8, 4) is 0 Å². The molecule has 3 heteroatoms. The van der Waals surface area contributed by atoms with Crippen LogP contribution in [0.4, 0.5) is 0 Å². The largest absolute Gasteiger partial charge is 0.381 e. The maximum absolute atomic E-state index is 10.7. The second-order valence-electron chi connectivity index (χ2n) is 2.19. The number of ether oxygens (including phenoxy) is 1. The van der Waals surface area contributed by atoms with Gasteiger partial charge < -0.3 is 4.74 Å². The van der Waals surface area contributed by atoms with E-state index in [1.807, 2.05) is 0 Å². The number of rotatable bonds is 1. The third-order valence-electron chi connectivity index (χ3n) is 1.54. The molecule has 1 aliphatic heterocycles. The fourth-order valence-corrected chi connectivity index (χ4v) is 1.38. The van der Waals surface area contributed by atoms with Gasteiger partial charge in [-0.15, -0.1) is 0 Å². The van der Waals surface area contributed by atoms with Crippen LogP contribution in [0.1, 0.15) is 12.8 Å². The number of hydrogen-bond donors (Lipinski definition) is 0. The normalized spacial score (nSPS) is 21.9. The summed E-state index contributed by atoms with van der Waals surface area (Å²) in [5, 5.41) is 0. The maximum Gasteiger partial charge on any atom is 0.201 e. The summed E-state index contributed by atoms with van der Waals surface area (Å²) in [4.78, 5) is 10.7. The van der Waals surface area contributed by atoms with Gasteiger partial charge in [0.1, 0.15) is 0 Å². The lowest BCUT2D eigenvalue weighted by Gasteiger charge is -2.17. The van der Waals surface area contributed by atoms with E-state index in [9.17, 15) is 4.79 Å². The minimum atomic E-state index is 0.130. The first kappa shape index (κ1) is 7.22. The minimum Gasteiger partial charge on any atom is -0.381 e. The van der Waals surface area contributed by atoms with Gasteiger partial charge in [-0.25, -0.2) is 0 Å². The van der Waals surface area contributed by atoms with Crippen LogP contribution in [0.2, 0.25) is 0 Å². The van der Waals surface area contributed by atoms with Crippen LogP contribution in [-0.2, 0) is 9.53 Å². The van der Waals surface area contributed by atoms with Gasteiger partial charge >= 0.3 is 0 Å². The summed E-state index contributed by atoms with van der Waals surface area (Å²) >= 11 is 2.94. The molecule has 0 aliphatic carbocycles. The molecule has 9 heavy (non-hydrogen) atoms. The van der Waals surface area contributed by atoms with Crippen molar-refractivity contribution < 1.29 is 9.53 Å². The van der Waals surface area contributed by atoms with E-state index in [2.05, 4.69) is 15.9 Å². The minimum absolute atomic E-state index is 0.130. The van der Waals surface area contributed by atoms with E-state index in [-0.39, 0.29) is 10.6 Å². The molecule has 0 N–H and O–H groups in total. The van der Waals surface area contributed by atoms with Gasteiger partial charge in [-0.1, -0.05) is 0 Å². The fourth-order valence-electron chi connectivity index (χ4n) is 0.925. The summed E-state index contributed by atoms with van der Waals surface area (Å²) in [5.41, 5.74) is 0. The highest BCUT2D eigenvalue weighted by atomic mass is 79.9. The molecule has 1 saturated heterocycles. The highest BCUT2D eigenvalue weighted by Crippen LogP contribution is 2.17. The van der Waals surface area contributed by atoms with Gasteiger partial charge in [0.15, 0.2) is 0 Å². The Hall–Kier alpha value is 0.110. The second kappa shape index (κ2) is 3.32. The first-order valence-electron chi connectivity index (χ1n) is 3.08. The van der Waals surface area contributed by atoms with Crippen LogP contribution < -0.4 is 0 Å². The highest BCUT2D eigenvalue weighted by Gasteiger charge is 2.18. The lowest BCUT2D eigenvalue weighted by atomic mass is 10.0. The van der Waals surface area contributed by atoms with E-state index >= 15 is 0 Å². The zero-order chi connectivity index (χ0) is 6.69. The SMILES string of the molecule is O=C(Br)C1CCOCC1. The topological polar surface area (TPSA) is 26.3 Å². The fraction of sp³-hybridized carbons (Fsp3) is 0.833. The molecule has 0 aromatic carbocycles. The molecule has 0 aromatic heterocycles. The molecule has 0 atom stereocenters. The number of carbonyl (C=O) groups is 1. The molecular formula is C6H9BrO2. The summed E-state index contributed by atoms with van der Waals surface area (Å²) in [5.74, 6) is 0.207. The monoisotopic (exact) mass is 192 g/mol. The van der Waals surface area contributed by atoms with Crippen LogP contribution in [0.5, 0.6) is 0 Å². The van der Waals surface area contributed by atoms with Crippen LogP contribution in [0, 0.1) is 5.92 Å². The molecule has 1 fully saturated rings. The Balaban J connectivity index is 2.31. The second-order valence-corrected chi connectivity index (χ2v) is 2.97. The van der Waals surface area contributed by atoms with Crippen LogP contribution in [0.15, 0.2) is 0 Å². The van der Waals surface area contributed by atoms with Gasteiger partial charge in [0.2, 0.25) is 4.69 Å². The smallest absolute Gasteiger partial charge is 0.201 e. The first-order chi connectivity index (χ1) is 4.30. The van der Waals surface area contributed by atoms with E-state index in [4.69, 9.17) is 4.74 Å². The predicted molar refractivity (Wildman–Crippen MR) is 37.5 cm³/mol. The lowest BCUT2D eigenvalue weighted by molar-refractivity contribution is -0.116. The molecule has 52 valence electrons. The summed E-state index contributed by atoms with van der Waals surface area (Å²) in [6, 6.07) is 0. The van der Waals surface area contributed by atoms with Gasteiger partial charge in [-0.05, 0) is 28.8 Å². The number of carbonyl (C=O) groups excluding carboxylic acids is 1. The van der Waals surface area contributed by atoms with Crippen molar-refractivity contribution in [1.82, 2.24) is 0 Å². The van der Waals surface area contributed by atoms with Crippen LogP contribution in [0.3, 0.4) is 0 Å². The van der Waals surface area contributed by atoms with Crippen molar-refractivity contribution in [2.45, 2.75) is 12.8 Å². The zero-order valence-corrected chi connectivity index (χ0v) is 6.69. The van der Waals surface area contributed by atoms with Crippen molar-refractivity contribution in [2.75, 3.05) is 13.2 Å². The molecular weight excluding hydrogens is 184 g/mol. The summed E-state index contributed by atoms with van der Waals surface area (Å²) in [7, 11) is 0. The van der Waals surface area contributed by atoms with E-state index in [1.165, 1.54) is 0 Å². The van der Waals surface area contributed by atoms with Crippen LogP contribution in [0.25, 0.3) is 0 Å². The van der Waals surface area contributed by atoms with Gasteiger partial charge in [0.25, 0.3) is 0 Å². The molecule has 0 radical (unpaired) electrons. The molecule has 0 spiro atoms. The first-order valence-corrected chi connectivity index (χ1v) is 3.87. The van der Waals surface area contributed by atoms with Gasteiger partial charge in [0.05, 0.1) is 0 Å². The Morgan fingerprint density at radius 3 is 2.33 bits per heavy atom. The molecule has 0 unspecified atom stereocenters. The predicted octanol–water partition coefficient (Wildman–Crippen LogP) is 1.33. The van der Waals surface area contributed by atoms with Gasteiger partial charge in [0, 0.05) is 19.1 Å². The summed E-state index contributed by atoms with van der Waals surface area (Å²) < 4.78 is 5.21.